The largest absolute Gasteiger partial charge is 0.484 e. The van der Waals surface area contributed by atoms with Gasteiger partial charge in [0.15, 0.2) is 6.61 Å². The Labute approximate surface area is 177 Å². The molecule has 0 aromatic heterocycles. The summed E-state index contributed by atoms with van der Waals surface area (Å²) in [5, 5.41) is 9.60. The van der Waals surface area contributed by atoms with Gasteiger partial charge >= 0.3 is 0 Å². The lowest BCUT2D eigenvalue weighted by molar-refractivity contribution is -0.123. The van der Waals surface area contributed by atoms with Crippen molar-refractivity contribution in [2.45, 2.75) is 45.7 Å². The number of hydrogen-bond donors (Lipinski definition) is 3. The van der Waals surface area contributed by atoms with E-state index < -0.39 is 0 Å². The standard InChI is InChI=1S/C20H28ClN3O3.ClH/c1-13-10-14(21)6-7-16(13)27-12-17(25)22-8-9-23-18(26)15-11-19(2,3)24-20(15,4)5;/h6-7,10-11,24H,8-9,12H2,1-5H3,(H,22,25)(H,23,26);1H. The van der Waals surface area contributed by atoms with E-state index in [-0.39, 0.29) is 41.9 Å². The van der Waals surface area contributed by atoms with E-state index in [4.69, 9.17) is 16.3 Å². The highest BCUT2D eigenvalue weighted by Gasteiger charge is 2.39. The van der Waals surface area contributed by atoms with E-state index in [0.29, 0.717) is 29.4 Å². The molecule has 0 aliphatic carbocycles. The molecule has 156 valence electrons. The Balaban J connectivity index is 0.00000392. The number of rotatable bonds is 7. The van der Waals surface area contributed by atoms with Crippen LogP contribution < -0.4 is 20.7 Å². The first-order chi connectivity index (χ1) is 12.5. The summed E-state index contributed by atoms with van der Waals surface area (Å²) in [5.41, 5.74) is 0.967. The van der Waals surface area contributed by atoms with Crippen LogP contribution in [0.15, 0.2) is 29.8 Å². The number of carbonyl (C=O) groups excluding carboxylic acids is 2. The number of nitrogens with one attached hydrogen (secondary N) is 3. The van der Waals surface area contributed by atoms with Crippen LogP contribution in [-0.2, 0) is 9.59 Å². The maximum absolute atomic E-state index is 12.4. The van der Waals surface area contributed by atoms with E-state index >= 15 is 0 Å². The summed E-state index contributed by atoms with van der Waals surface area (Å²) in [6.45, 7) is 10.5. The van der Waals surface area contributed by atoms with Crippen LogP contribution in [0.3, 0.4) is 0 Å². The van der Waals surface area contributed by atoms with Gasteiger partial charge in [0.2, 0.25) is 5.91 Å². The van der Waals surface area contributed by atoms with Crippen molar-refractivity contribution in [3.05, 3.63) is 40.4 Å². The van der Waals surface area contributed by atoms with Gasteiger partial charge < -0.3 is 15.4 Å². The lowest BCUT2D eigenvalue weighted by Crippen LogP contribution is -2.48. The first-order valence-corrected chi connectivity index (χ1v) is 9.34. The Kier molecular flexibility index (Phi) is 8.35. The lowest BCUT2D eigenvalue weighted by Gasteiger charge is -2.27. The number of amides is 2. The second-order valence-electron chi connectivity index (χ2n) is 7.83. The van der Waals surface area contributed by atoms with Crippen LogP contribution in [-0.4, -0.2) is 42.6 Å². The van der Waals surface area contributed by atoms with Crippen molar-refractivity contribution in [2.75, 3.05) is 19.7 Å². The van der Waals surface area contributed by atoms with Crippen molar-refractivity contribution >= 4 is 35.8 Å². The minimum atomic E-state index is -0.388. The smallest absolute Gasteiger partial charge is 0.258 e. The van der Waals surface area contributed by atoms with Crippen LogP contribution in [0.5, 0.6) is 5.75 Å². The van der Waals surface area contributed by atoms with Crippen LogP contribution in [0.4, 0.5) is 0 Å². The van der Waals surface area contributed by atoms with Gasteiger partial charge in [-0.2, -0.15) is 0 Å². The van der Waals surface area contributed by atoms with Gasteiger partial charge in [-0.25, -0.2) is 0 Å². The van der Waals surface area contributed by atoms with E-state index in [2.05, 4.69) is 16.0 Å². The predicted octanol–water partition coefficient (Wildman–Crippen LogP) is 2.77. The molecule has 28 heavy (non-hydrogen) atoms. The van der Waals surface area contributed by atoms with Gasteiger partial charge in [0.05, 0.1) is 0 Å². The van der Waals surface area contributed by atoms with Crippen molar-refractivity contribution in [1.82, 2.24) is 16.0 Å². The first kappa shape index (κ1) is 24.3. The number of aryl methyl sites for hydroxylation is 1. The molecule has 6 nitrogen and oxygen atoms in total. The third-order valence-electron chi connectivity index (χ3n) is 4.29. The molecule has 0 atom stereocenters. The zero-order valence-electron chi connectivity index (χ0n) is 16.9. The van der Waals surface area contributed by atoms with Crippen molar-refractivity contribution in [3.8, 4) is 5.75 Å². The highest BCUT2D eigenvalue weighted by Crippen LogP contribution is 2.29. The highest BCUT2D eigenvalue weighted by molar-refractivity contribution is 6.30. The molecule has 1 heterocycles. The molecule has 0 bridgehead atoms. The molecule has 0 saturated carbocycles. The number of halogens is 2. The number of ether oxygens (including phenoxy) is 1. The van der Waals surface area contributed by atoms with Gasteiger partial charge in [-0.05, 0) is 58.4 Å². The molecule has 1 aromatic carbocycles. The average Bonchev–Trinajstić information content (AvgIpc) is 2.78. The van der Waals surface area contributed by atoms with Crippen molar-refractivity contribution < 1.29 is 14.3 Å². The Bertz CT molecular complexity index is 761. The van der Waals surface area contributed by atoms with E-state index in [0.717, 1.165) is 5.56 Å². The molecule has 0 fully saturated rings. The van der Waals surface area contributed by atoms with Crippen molar-refractivity contribution in [1.29, 1.82) is 0 Å². The molecule has 0 spiro atoms. The maximum Gasteiger partial charge on any atom is 0.258 e. The van der Waals surface area contributed by atoms with Gasteiger partial charge in [-0.3, -0.25) is 14.9 Å². The average molecular weight is 430 g/mol. The van der Waals surface area contributed by atoms with Crippen LogP contribution >= 0.6 is 24.0 Å². The van der Waals surface area contributed by atoms with Gasteiger partial charge in [-0.1, -0.05) is 17.7 Å². The van der Waals surface area contributed by atoms with E-state index in [1.165, 1.54) is 0 Å². The zero-order chi connectivity index (χ0) is 20.2. The quantitative estimate of drug-likeness (QED) is 0.582. The van der Waals surface area contributed by atoms with Crippen LogP contribution in [0.25, 0.3) is 0 Å². The number of hydrogen-bond acceptors (Lipinski definition) is 4. The molecule has 0 unspecified atom stereocenters. The molecular formula is C20H29Cl2N3O3. The third-order valence-corrected chi connectivity index (χ3v) is 4.52. The first-order valence-electron chi connectivity index (χ1n) is 8.97. The van der Waals surface area contributed by atoms with Gasteiger partial charge in [0, 0.05) is 34.8 Å². The highest BCUT2D eigenvalue weighted by atomic mass is 35.5. The Hall–Kier alpha value is -1.76. The summed E-state index contributed by atoms with van der Waals surface area (Å²) in [5.74, 6) is 0.246. The molecule has 1 aliphatic rings. The van der Waals surface area contributed by atoms with Gasteiger partial charge in [0.25, 0.3) is 5.91 Å². The normalized spacial score (nSPS) is 16.6. The van der Waals surface area contributed by atoms with Crippen LogP contribution in [0, 0.1) is 6.92 Å². The summed E-state index contributed by atoms with van der Waals surface area (Å²) in [6, 6.07) is 5.23. The molecule has 2 rings (SSSR count). The SMILES string of the molecule is Cc1cc(Cl)ccc1OCC(=O)NCCNC(=O)C1=CC(C)(C)NC1(C)C.Cl. The monoisotopic (exact) mass is 429 g/mol. The fourth-order valence-electron chi connectivity index (χ4n) is 3.24. The van der Waals surface area contributed by atoms with E-state index in [1.807, 2.05) is 40.7 Å². The maximum atomic E-state index is 12.4. The number of carbonyl (C=O) groups is 2. The molecule has 0 saturated heterocycles. The Morgan fingerprint density at radius 3 is 2.36 bits per heavy atom. The van der Waals surface area contributed by atoms with Crippen LogP contribution in [0.1, 0.15) is 33.3 Å². The molecule has 2 amide bonds. The fraction of sp³-hybridized carbons (Fsp3) is 0.500. The van der Waals surface area contributed by atoms with E-state index in [9.17, 15) is 9.59 Å². The molecule has 8 heteroatoms. The van der Waals surface area contributed by atoms with Gasteiger partial charge in [0.1, 0.15) is 5.75 Å². The summed E-state index contributed by atoms with van der Waals surface area (Å²) in [4.78, 5) is 24.3. The van der Waals surface area contributed by atoms with Crippen molar-refractivity contribution in [3.63, 3.8) is 0 Å². The minimum Gasteiger partial charge on any atom is -0.484 e. The minimum absolute atomic E-state index is 0. The predicted molar refractivity (Wildman–Crippen MR) is 114 cm³/mol. The van der Waals surface area contributed by atoms with Gasteiger partial charge in [-0.15, -0.1) is 12.4 Å². The topological polar surface area (TPSA) is 79.5 Å². The Morgan fingerprint density at radius 2 is 1.79 bits per heavy atom. The summed E-state index contributed by atoms with van der Waals surface area (Å²) >= 11 is 5.89. The van der Waals surface area contributed by atoms with Crippen molar-refractivity contribution in [2.24, 2.45) is 0 Å². The molecular weight excluding hydrogens is 401 g/mol. The number of benzene rings is 1. The molecule has 0 radical (unpaired) electrons. The molecule has 1 aromatic rings. The zero-order valence-corrected chi connectivity index (χ0v) is 18.5. The summed E-state index contributed by atoms with van der Waals surface area (Å²) in [7, 11) is 0. The third kappa shape index (κ3) is 6.69. The molecule has 1 aliphatic heterocycles. The second kappa shape index (κ2) is 9.63. The fourth-order valence-corrected chi connectivity index (χ4v) is 3.47. The Morgan fingerprint density at radius 1 is 1.14 bits per heavy atom. The lowest BCUT2D eigenvalue weighted by atomic mass is 9.96. The summed E-state index contributed by atoms with van der Waals surface area (Å²) in [6.07, 6.45) is 1.95. The summed E-state index contributed by atoms with van der Waals surface area (Å²) < 4.78 is 5.49. The van der Waals surface area contributed by atoms with E-state index in [1.54, 1.807) is 18.2 Å². The molecule has 3 N–H and O–H groups in total. The second-order valence-corrected chi connectivity index (χ2v) is 8.27. The van der Waals surface area contributed by atoms with Crippen LogP contribution in [0.2, 0.25) is 5.02 Å².